The molecule has 0 spiro atoms. The molecule has 0 N–H and O–H groups in total. The van der Waals surface area contributed by atoms with E-state index >= 15 is 0 Å². The minimum Gasteiger partial charge on any atom is -0.495 e. The summed E-state index contributed by atoms with van der Waals surface area (Å²) in [4.78, 5) is 0. The maximum atomic E-state index is 5.80. The molecule has 0 bridgehead atoms. The van der Waals surface area contributed by atoms with Crippen molar-refractivity contribution in [1.29, 1.82) is 0 Å². The van der Waals surface area contributed by atoms with Gasteiger partial charge in [-0.05, 0) is 45.0 Å². The van der Waals surface area contributed by atoms with Crippen molar-refractivity contribution in [2.45, 2.75) is 26.4 Å². The van der Waals surface area contributed by atoms with Crippen LogP contribution < -0.4 is 4.74 Å². The highest BCUT2D eigenvalue weighted by Gasteiger charge is 2.25. The van der Waals surface area contributed by atoms with Gasteiger partial charge in [0.25, 0.3) is 0 Å². The zero-order chi connectivity index (χ0) is 12.2. The summed E-state index contributed by atoms with van der Waals surface area (Å²) in [6.45, 7) is 10.2. The van der Waals surface area contributed by atoms with Gasteiger partial charge in [-0.2, -0.15) is 0 Å². The second-order valence-corrected chi connectivity index (χ2v) is 4.36. The molecule has 0 radical (unpaired) electrons. The van der Waals surface area contributed by atoms with Crippen molar-refractivity contribution in [2.75, 3.05) is 6.61 Å². The molecule has 3 heteroatoms. The van der Waals surface area contributed by atoms with Crippen molar-refractivity contribution < 1.29 is 9.47 Å². The molecule has 0 aliphatic heterocycles. The highest BCUT2D eigenvalue weighted by Crippen LogP contribution is 2.25. The fourth-order valence-corrected chi connectivity index (χ4v) is 1.33. The molecule has 1 aromatic carbocycles. The molecule has 1 rings (SSSR count). The Bertz CT molecular complexity index is 355. The van der Waals surface area contributed by atoms with Crippen molar-refractivity contribution in [2.24, 2.45) is 0 Å². The summed E-state index contributed by atoms with van der Waals surface area (Å²) < 4.78 is 11.1. The Morgan fingerprint density at radius 2 is 1.88 bits per heavy atom. The Kier molecular flexibility index (Phi) is 4.25. The number of hydrogen-bond donors (Lipinski definition) is 0. The van der Waals surface area contributed by atoms with Crippen LogP contribution in [0.2, 0.25) is 5.02 Å². The molecule has 0 unspecified atom stereocenters. The van der Waals surface area contributed by atoms with Gasteiger partial charge in [0.05, 0.1) is 6.61 Å². The largest absolute Gasteiger partial charge is 0.495 e. The summed E-state index contributed by atoms with van der Waals surface area (Å²) in [5, 5.41) is 0.689. The summed E-state index contributed by atoms with van der Waals surface area (Å²) in [6.07, 6.45) is 0. The lowest BCUT2D eigenvalue weighted by molar-refractivity contribution is 0.0643. The summed E-state index contributed by atoms with van der Waals surface area (Å²) >= 11 is 5.80. The van der Waals surface area contributed by atoms with Crippen LogP contribution in [0.3, 0.4) is 0 Å². The van der Waals surface area contributed by atoms with Crippen LogP contribution in [0.4, 0.5) is 0 Å². The standard InChI is InChI=1S/C13H17ClO2/c1-5-15-10(2)13(3,4)16-12-8-6-11(14)7-9-12/h6-9H,2,5H2,1,3-4H3. The van der Waals surface area contributed by atoms with Gasteiger partial charge < -0.3 is 9.47 Å². The first kappa shape index (κ1) is 12.9. The summed E-state index contributed by atoms with van der Waals surface area (Å²) in [5.41, 5.74) is -0.552. The van der Waals surface area contributed by atoms with E-state index in [2.05, 4.69) is 6.58 Å². The van der Waals surface area contributed by atoms with E-state index in [1.165, 1.54) is 0 Å². The van der Waals surface area contributed by atoms with Crippen LogP contribution in [-0.2, 0) is 4.74 Å². The molecular formula is C13H17ClO2. The van der Waals surface area contributed by atoms with E-state index in [0.29, 0.717) is 17.4 Å². The number of ether oxygens (including phenoxy) is 2. The van der Waals surface area contributed by atoms with Crippen molar-refractivity contribution in [3.63, 3.8) is 0 Å². The maximum absolute atomic E-state index is 5.80. The highest BCUT2D eigenvalue weighted by molar-refractivity contribution is 6.30. The van der Waals surface area contributed by atoms with Crippen LogP contribution in [0.5, 0.6) is 5.75 Å². The van der Waals surface area contributed by atoms with Gasteiger partial charge in [-0.15, -0.1) is 0 Å². The second-order valence-electron chi connectivity index (χ2n) is 3.92. The Balaban J connectivity index is 2.72. The van der Waals surface area contributed by atoms with E-state index in [-0.39, 0.29) is 0 Å². The molecular weight excluding hydrogens is 224 g/mol. The van der Waals surface area contributed by atoms with E-state index in [1.807, 2.05) is 32.9 Å². The number of rotatable bonds is 5. The zero-order valence-electron chi connectivity index (χ0n) is 9.92. The zero-order valence-corrected chi connectivity index (χ0v) is 10.7. The van der Waals surface area contributed by atoms with E-state index in [1.54, 1.807) is 12.1 Å². The predicted octanol–water partition coefficient (Wildman–Crippen LogP) is 4.05. The third-order valence-corrected chi connectivity index (χ3v) is 2.43. The van der Waals surface area contributed by atoms with E-state index < -0.39 is 5.60 Å². The molecule has 0 heterocycles. The van der Waals surface area contributed by atoms with Crippen LogP contribution in [0.1, 0.15) is 20.8 Å². The van der Waals surface area contributed by atoms with Crippen LogP contribution >= 0.6 is 11.6 Å². The van der Waals surface area contributed by atoms with Gasteiger partial charge in [0.15, 0.2) is 5.60 Å². The van der Waals surface area contributed by atoms with Gasteiger partial charge in [-0.1, -0.05) is 18.2 Å². The van der Waals surface area contributed by atoms with Gasteiger partial charge >= 0.3 is 0 Å². The molecule has 0 amide bonds. The molecule has 0 atom stereocenters. The normalized spacial score (nSPS) is 11.0. The first-order valence-electron chi connectivity index (χ1n) is 5.22. The Hall–Kier alpha value is -1.15. The quantitative estimate of drug-likeness (QED) is 0.723. The molecule has 0 aromatic heterocycles. The maximum Gasteiger partial charge on any atom is 0.159 e. The van der Waals surface area contributed by atoms with Gasteiger partial charge in [-0.25, -0.2) is 0 Å². The van der Waals surface area contributed by atoms with Gasteiger partial charge in [0, 0.05) is 5.02 Å². The lowest BCUT2D eigenvalue weighted by Gasteiger charge is -2.28. The summed E-state index contributed by atoms with van der Waals surface area (Å²) in [5.74, 6) is 1.36. The third-order valence-electron chi connectivity index (χ3n) is 2.18. The second kappa shape index (κ2) is 5.26. The molecule has 0 aliphatic rings. The van der Waals surface area contributed by atoms with E-state index in [4.69, 9.17) is 21.1 Å². The summed E-state index contributed by atoms with van der Waals surface area (Å²) in [7, 11) is 0. The fourth-order valence-electron chi connectivity index (χ4n) is 1.20. The summed E-state index contributed by atoms with van der Waals surface area (Å²) in [6, 6.07) is 7.22. The fraction of sp³-hybridized carbons (Fsp3) is 0.385. The molecule has 0 fully saturated rings. The van der Waals surface area contributed by atoms with Gasteiger partial charge in [0.2, 0.25) is 0 Å². The highest BCUT2D eigenvalue weighted by atomic mass is 35.5. The lowest BCUT2D eigenvalue weighted by Crippen LogP contribution is -2.31. The smallest absolute Gasteiger partial charge is 0.159 e. The SMILES string of the molecule is C=C(OCC)C(C)(C)Oc1ccc(Cl)cc1. The van der Waals surface area contributed by atoms with Gasteiger partial charge in [0.1, 0.15) is 11.5 Å². The van der Waals surface area contributed by atoms with Crippen molar-refractivity contribution in [3.8, 4) is 5.75 Å². The van der Waals surface area contributed by atoms with Crippen LogP contribution in [-0.4, -0.2) is 12.2 Å². The molecule has 0 saturated heterocycles. The molecule has 0 saturated carbocycles. The monoisotopic (exact) mass is 240 g/mol. The molecule has 2 nitrogen and oxygen atoms in total. The van der Waals surface area contributed by atoms with E-state index in [9.17, 15) is 0 Å². The van der Waals surface area contributed by atoms with Crippen molar-refractivity contribution >= 4 is 11.6 Å². The van der Waals surface area contributed by atoms with Crippen LogP contribution in [0.15, 0.2) is 36.6 Å². The average Bonchev–Trinajstić information content (AvgIpc) is 2.21. The third kappa shape index (κ3) is 3.46. The minimum atomic E-state index is -0.552. The molecule has 1 aromatic rings. The minimum absolute atomic E-state index is 0.552. The average molecular weight is 241 g/mol. The number of halogens is 1. The predicted molar refractivity (Wildman–Crippen MR) is 66.9 cm³/mol. The van der Waals surface area contributed by atoms with Crippen molar-refractivity contribution in [3.05, 3.63) is 41.6 Å². The Labute approximate surface area is 102 Å². The molecule has 88 valence electrons. The first-order valence-corrected chi connectivity index (χ1v) is 5.60. The lowest BCUT2D eigenvalue weighted by atomic mass is 10.1. The molecule has 16 heavy (non-hydrogen) atoms. The van der Waals surface area contributed by atoms with E-state index in [0.717, 1.165) is 5.75 Å². The Morgan fingerprint density at radius 1 is 1.31 bits per heavy atom. The number of hydrogen-bond acceptors (Lipinski definition) is 2. The van der Waals surface area contributed by atoms with Gasteiger partial charge in [-0.3, -0.25) is 0 Å². The van der Waals surface area contributed by atoms with Crippen LogP contribution in [0, 0.1) is 0 Å². The molecule has 0 aliphatic carbocycles. The topological polar surface area (TPSA) is 18.5 Å². The Morgan fingerprint density at radius 3 is 2.38 bits per heavy atom. The van der Waals surface area contributed by atoms with Crippen molar-refractivity contribution in [1.82, 2.24) is 0 Å². The number of benzene rings is 1. The first-order chi connectivity index (χ1) is 7.45. The van der Waals surface area contributed by atoms with Crippen LogP contribution in [0.25, 0.3) is 0 Å².